The van der Waals surface area contributed by atoms with Crippen molar-refractivity contribution in [2.24, 2.45) is 5.92 Å². The van der Waals surface area contributed by atoms with E-state index < -0.39 is 18.3 Å². The maximum absolute atomic E-state index is 14.0. The van der Waals surface area contributed by atoms with E-state index in [9.17, 15) is 18.0 Å². The first-order valence-electron chi connectivity index (χ1n) is 7.93. The fourth-order valence-electron chi connectivity index (χ4n) is 2.90. The second-order valence-corrected chi connectivity index (χ2v) is 6.08. The molecule has 0 saturated carbocycles. The van der Waals surface area contributed by atoms with Crippen molar-refractivity contribution >= 4 is 11.6 Å². The van der Waals surface area contributed by atoms with Crippen LogP contribution in [-0.4, -0.2) is 31.5 Å². The summed E-state index contributed by atoms with van der Waals surface area (Å²) in [4.78, 5) is 13.9. The lowest BCUT2D eigenvalue weighted by atomic mass is 9.95. The lowest BCUT2D eigenvalue weighted by molar-refractivity contribution is -0.126. The van der Waals surface area contributed by atoms with E-state index in [2.05, 4.69) is 5.32 Å². The number of anilines is 1. The maximum Gasteiger partial charge on any atom is 0.240 e. The summed E-state index contributed by atoms with van der Waals surface area (Å²) >= 11 is 0. The number of piperidine rings is 1. The van der Waals surface area contributed by atoms with Crippen molar-refractivity contribution in [2.75, 3.05) is 18.0 Å². The van der Waals surface area contributed by atoms with E-state index in [1.165, 1.54) is 6.07 Å². The van der Waals surface area contributed by atoms with E-state index in [0.717, 1.165) is 0 Å². The van der Waals surface area contributed by atoms with Gasteiger partial charge in [0.2, 0.25) is 12.3 Å². The van der Waals surface area contributed by atoms with Crippen LogP contribution < -0.4 is 10.2 Å². The summed E-state index contributed by atoms with van der Waals surface area (Å²) in [6.07, 6.45) is -1.73. The highest BCUT2D eigenvalue weighted by Gasteiger charge is 2.27. The van der Waals surface area contributed by atoms with Gasteiger partial charge in [-0.2, -0.15) is 5.26 Å². The molecular formula is C17H20F3N3O. The van der Waals surface area contributed by atoms with Crippen molar-refractivity contribution in [3.8, 4) is 6.07 Å². The Morgan fingerprint density at radius 3 is 2.62 bits per heavy atom. The zero-order chi connectivity index (χ0) is 17.7. The standard InChI is InChI=1S/C17H20F3N3O/c1-11(8-16(19)20)22-17(24)13-4-6-23(7-5-13)15-3-2-12(10-21)9-14(15)18/h2-3,9,11,13,16H,4-8H2,1H3,(H,22,24). The molecule has 130 valence electrons. The number of hydrogen-bond donors (Lipinski definition) is 1. The smallest absolute Gasteiger partial charge is 0.240 e. The molecule has 0 spiro atoms. The minimum atomic E-state index is -2.44. The molecule has 1 aromatic rings. The van der Waals surface area contributed by atoms with Crippen LogP contribution in [0.5, 0.6) is 0 Å². The van der Waals surface area contributed by atoms with Gasteiger partial charge in [0.15, 0.2) is 0 Å². The Labute approximate surface area is 139 Å². The zero-order valence-corrected chi connectivity index (χ0v) is 13.4. The van der Waals surface area contributed by atoms with Gasteiger partial charge in [-0.3, -0.25) is 4.79 Å². The van der Waals surface area contributed by atoms with E-state index in [1.807, 2.05) is 11.0 Å². The minimum Gasteiger partial charge on any atom is -0.369 e. The van der Waals surface area contributed by atoms with Gasteiger partial charge in [0.05, 0.1) is 17.3 Å². The fraction of sp³-hybridized carbons (Fsp3) is 0.529. The van der Waals surface area contributed by atoms with Gasteiger partial charge in [-0.25, -0.2) is 13.2 Å². The predicted octanol–water partition coefficient (Wildman–Crippen LogP) is 3.07. The zero-order valence-electron chi connectivity index (χ0n) is 13.4. The van der Waals surface area contributed by atoms with Gasteiger partial charge in [-0.05, 0) is 38.0 Å². The third-order valence-corrected chi connectivity index (χ3v) is 4.20. The first kappa shape index (κ1) is 18.1. The molecule has 0 radical (unpaired) electrons. The van der Waals surface area contributed by atoms with Crippen molar-refractivity contribution in [1.29, 1.82) is 5.26 Å². The normalized spacial score (nSPS) is 16.8. The lowest BCUT2D eigenvalue weighted by Crippen LogP contribution is -2.43. The number of nitrogens with zero attached hydrogens (tertiary/aromatic N) is 2. The van der Waals surface area contributed by atoms with Crippen LogP contribution in [0.2, 0.25) is 0 Å². The van der Waals surface area contributed by atoms with Crippen LogP contribution in [0.1, 0.15) is 31.7 Å². The minimum absolute atomic E-state index is 0.219. The second kappa shape index (κ2) is 8.04. The first-order chi connectivity index (χ1) is 11.4. The third-order valence-electron chi connectivity index (χ3n) is 4.20. The number of benzene rings is 1. The highest BCUT2D eigenvalue weighted by molar-refractivity contribution is 5.79. The van der Waals surface area contributed by atoms with Crippen LogP contribution in [0, 0.1) is 23.1 Å². The fourth-order valence-corrected chi connectivity index (χ4v) is 2.90. The molecule has 24 heavy (non-hydrogen) atoms. The maximum atomic E-state index is 14.0. The van der Waals surface area contributed by atoms with Gasteiger partial charge < -0.3 is 10.2 Å². The van der Waals surface area contributed by atoms with Crippen LogP contribution in [0.15, 0.2) is 18.2 Å². The molecule has 0 bridgehead atoms. The number of amides is 1. The summed E-state index contributed by atoms with van der Waals surface area (Å²) in [7, 11) is 0. The van der Waals surface area contributed by atoms with E-state index in [-0.39, 0.29) is 23.8 Å². The molecule has 1 aliphatic heterocycles. The van der Waals surface area contributed by atoms with Gasteiger partial charge in [0.1, 0.15) is 5.82 Å². The molecule has 1 aromatic carbocycles. The predicted molar refractivity (Wildman–Crippen MR) is 84.3 cm³/mol. The first-order valence-corrected chi connectivity index (χ1v) is 7.93. The highest BCUT2D eigenvalue weighted by Crippen LogP contribution is 2.26. The van der Waals surface area contributed by atoms with Crippen molar-refractivity contribution in [2.45, 2.75) is 38.7 Å². The number of halogens is 3. The average Bonchev–Trinajstić information content (AvgIpc) is 2.54. The van der Waals surface area contributed by atoms with Gasteiger partial charge in [-0.15, -0.1) is 0 Å². The van der Waals surface area contributed by atoms with Gasteiger partial charge in [-0.1, -0.05) is 0 Å². The number of nitrogens with one attached hydrogen (secondary N) is 1. The number of carbonyl (C=O) groups excluding carboxylic acids is 1. The molecular weight excluding hydrogens is 319 g/mol. The molecule has 2 rings (SSSR count). The Bertz CT molecular complexity index is 622. The SMILES string of the molecule is CC(CC(F)F)NC(=O)C1CCN(c2ccc(C#N)cc2F)CC1. The molecule has 0 aromatic heterocycles. The molecule has 4 nitrogen and oxygen atoms in total. The Hall–Kier alpha value is -2.23. The van der Waals surface area contributed by atoms with Crippen molar-refractivity contribution in [1.82, 2.24) is 5.32 Å². The van der Waals surface area contributed by atoms with Gasteiger partial charge >= 0.3 is 0 Å². The highest BCUT2D eigenvalue weighted by atomic mass is 19.3. The summed E-state index contributed by atoms with van der Waals surface area (Å²) in [6, 6.07) is 5.65. The Kier molecular flexibility index (Phi) is 6.07. The Balaban J connectivity index is 1.89. The monoisotopic (exact) mass is 339 g/mol. The molecule has 7 heteroatoms. The molecule has 1 heterocycles. The summed E-state index contributed by atoms with van der Waals surface area (Å²) in [6.45, 7) is 2.57. The van der Waals surface area contributed by atoms with Crippen LogP contribution in [-0.2, 0) is 4.79 Å². The van der Waals surface area contributed by atoms with Crippen molar-refractivity contribution < 1.29 is 18.0 Å². The molecule has 1 atom stereocenters. The molecule has 1 aliphatic rings. The molecule has 0 aliphatic carbocycles. The average molecular weight is 339 g/mol. The Morgan fingerprint density at radius 2 is 2.08 bits per heavy atom. The number of nitriles is 1. The second-order valence-electron chi connectivity index (χ2n) is 6.08. The Morgan fingerprint density at radius 1 is 1.42 bits per heavy atom. The molecule has 1 amide bonds. The summed E-state index contributed by atoms with van der Waals surface area (Å²) < 4.78 is 38.6. The number of hydrogen-bond acceptors (Lipinski definition) is 3. The largest absolute Gasteiger partial charge is 0.369 e. The third kappa shape index (κ3) is 4.63. The van der Waals surface area contributed by atoms with Gasteiger partial charge in [0, 0.05) is 31.5 Å². The molecule has 1 saturated heterocycles. The van der Waals surface area contributed by atoms with Crippen LogP contribution in [0.3, 0.4) is 0 Å². The molecule has 1 fully saturated rings. The van der Waals surface area contributed by atoms with Crippen LogP contribution >= 0.6 is 0 Å². The van der Waals surface area contributed by atoms with E-state index in [4.69, 9.17) is 5.26 Å². The summed E-state index contributed by atoms with van der Waals surface area (Å²) in [5.74, 6) is -0.923. The topological polar surface area (TPSA) is 56.1 Å². The van der Waals surface area contributed by atoms with E-state index >= 15 is 0 Å². The van der Waals surface area contributed by atoms with Crippen molar-refractivity contribution in [3.63, 3.8) is 0 Å². The lowest BCUT2D eigenvalue weighted by Gasteiger charge is -2.33. The van der Waals surface area contributed by atoms with Crippen molar-refractivity contribution in [3.05, 3.63) is 29.6 Å². The van der Waals surface area contributed by atoms with Crippen LogP contribution in [0.4, 0.5) is 18.9 Å². The van der Waals surface area contributed by atoms with E-state index in [1.54, 1.807) is 19.1 Å². The molecule has 1 unspecified atom stereocenters. The van der Waals surface area contributed by atoms with Gasteiger partial charge in [0.25, 0.3) is 0 Å². The summed E-state index contributed by atoms with van der Waals surface area (Å²) in [5, 5.41) is 11.4. The summed E-state index contributed by atoms with van der Waals surface area (Å²) in [5.41, 5.74) is 0.678. The van der Waals surface area contributed by atoms with Crippen LogP contribution in [0.25, 0.3) is 0 Å². The number of alkyl halides is 2. The molecule has 1 N–H and O–H groups in total. The number of carbonyl (C=O) groups is 1. The van der Waals surface area contributed by atoms with E-state index in [0.29, 0.717) is 31.6 Å². The number of rotatable bonds is 5. The quantitative estimate of drug-likeness (QED) is 0.897.